The Morgan fingerprint density at radius 1 is 1.11 bits per heavy atom. The normalized spacial score (nSPS) is 15.0. The largest absolute Gasteiger partial charge is 0.416 e. The van der Waals surface area contributed by atoms with Crippen molar-refractivity contribution in [2.45, 2.75) is 32.6 Å². The summed E-state index contributed by atoms with van der Waals surface area (Å²) in [5.74, 6) is 1.39. The number of imidazole rings is 1. The van der Waals surface area contributed by atoms with Crippen molar-refractivity contribution < 1.29 is 13.2 Å². The van der Waals surface area contributed by atoms with E-state index in [1.165, 1.54) is 12.1 Å². The molecule has 0 atom stereocenters. The number of aromatic nitrogens is 4. The highest BCUT2D eigenvalue weighted by molar-refractivity contribution is 5.56. The highest BCUT2D eigenvalue weighted by atomic mass is 19.4. The third-order valence-electron chi connectivity index (χ3n) is 4.61. The highest BCUT2D eigenvalue weighted by Crippen LogP contribution is 2.30. The van der Waals surface area contributed by atoms with E-state index in [1.54, 1.807) is 6.20 Å². The standard InChI is InChI=1S/C19H18F3N5/c1-12-8-23-17(25-12)11-27-7-6-16-14(10-27)9-24-18(26-16)13-2-4-15(5-3-13)19(20,21)22/h2-5,8-9H,6-7,10-11H2,1H3,(H,23,25). The molecular formula is C19H18F3N5. The number of nitrogens with zero attached hydrogens (tertiary/aromatic N) is 4. The molecule has 8 heteroatoms. The molecule has 2 aromatic heterocycles. The molecular weight excluding hydrogens is 355 g/mol. The number of benzene rings is 1. The molecule has 5 nitrogen and oxygen atoms in total. The van der Waals surface area contributed by atoms with E-state index in [2.05, 4.69) is 24.8 Å². The first-order valence-electron chi connectivity index (χ1n) is 8.64. The van der Waals surface area contributed by atoms with Crippen molar-refractivity contribution in [2.75, 3.05) is 6.54 Å². The molecule has 27 heavy (non-hydrogen) atoms. The molecule has 140 valence electrons. The molecule has 0 spiro atoms. The second kappa shape index (κ2) is 6.77. The van der Waals surface area contributed by atoms with Crippen LogP contribution in [0.15, 0.2) is 36.7 Å². The second-order valence-electron chi connectivity index (χ2n) is 6.71. The van der Waals surface area contributed by atoms with Crippen LogP contribution in [0.2, 0.25) is 0 Å². The number of aryl methyl sites for hydroxylation is 1. The quantitative estimate of drug-likeness (QED) is 0.760. The van der Waals surface area contributed by atoms with E-state index < -0.39 is 11.7 Å². The molecule has 1 N–H and O–H groups in total. The van der Waals surface area contributed by atoms with Crippen LogP contribution in [0.4, 0.5) is 13.2 Å². The van der Waals surface area contributed by atoms with Gasteiger partial charge in [0.25, 0.3) is 0 Å². The fraction of sp³-hybridized carbons (Fsp3) is 0.316. The van der Waals surface area contributed by atoms with Crippen LogP contribution in [0, 0.1) is 6.92 Å². The first-order valence-corrected chi connectivity index (χ1v) is 8.64. The Morgan fingerprint density at radius 2 is 1.89 bits per heavy atom. The Hall–Kier alpha value is -2.74. The number of halogens is 3. The number of alkyl halides is 3. The minimum absolute atomic E-state index is 0.456. The van der Waals surface area contributed by atoms with Gasteiger partial charge >= 0.3 is 6.18 Å². The summed E-state index contributed by atoms with van der Waals surface area (Å²) in [6.07, 6.45) is 0.0119. The number of H-pyrrole nitrogens is 1. The molecule has 3 heterocycles. The van der Waals surface area contributed by atoms with E-state index >= 15 is 0 Å². The topological polar surface area (TPSA) is 57.7 Å². The van der Waals surface area contributed by atoms with E-state index in [1.807, 2.05) is 13.1 Å². The zero-order valence-corrected chi connectivity index (χ0v) is 14.7. The molecule has 0 saturated heterocycles. The summed E-state index contributed by atoms with van der Waals surface area (Å²) in [5, 5.41) is 0. The highest BCUT2D eigenvalue weighted by Gasteiger charge is 2.30. The zero-order chi connectivity index (χ0) is 19.0. The van der Waals surface area contributed by atoms with Gasteiger partial charge in [-0.3, -0.25) is 4.90 Å². The molecule has 0 unspecified atom stereocenters. The SMILES string of the molecule is Cc1cnc(CN2CCc3nc(-c4ccc(C(F)(F)F)cc4)ncc3C2)[nH]1. The van der Waals surface area contributed by atoms with Crippen LogP contribution in [0.1, 0.15) is 28.3 Å². The molecule has 0 amide bonds. The van der Waals surface area contributed by atoms with Crippen molar-refractivity contribution in [3.63, 3.8) is 0 Å². The maximum atomic E-state index is 12.7. The van der Waals surface area contributed by atoms with Crippen LogP contribution in [-0.2, 0) is 25.7 Å². The maximum Gasteiger partial charge on any atom is 0.416 e. The number of hydrogen-bond donors (Lipinski definition) is 1. The van der Waals surface area contributed by atoms with Crippen LogP contribution in [0.3, 0.4) is 0 Å². The van der Waals surface area contributed by atoms with Gasteiger partial charge in [0.1, 0.15) is 5.82 Å². The Balaban J connectivity index is 1.50. The zero-order valence-electron chi connectivity index (χ0n) is 14.7. The van der Waals surface area contributed by atoms with E-state index in [9.17, 15) is 13.2 Å². The van der Waals surface area contributed by atoms with E-state index in [0.29, 0.717) is 11.4 Å². The Bertz CT molecular complexity index is 947. The Labute approximate surface area is 154 Å². The molecule has 0 bridgehead atoms. The van der Waals surface area contributed by atoms with Crippen molar-refractivity contribution in [1.82, 2.24) is 24.8 Å². The third-order valence-corrected chi connectivity index (χ3v) is 4.61. The minimum atomic E-state index is -4.34. The van der Waals surface area contributed by atoms with Gasteiger partial charge in [0.05, 0.1) is 17.8 Å². The van der Waals surface area contributed by atoms with E-state index in [4.69, 9.17) is 0 Å². The van der Waals surface area contributed by atoms with Gasteiger partial charge in [-0.25, -0.2) is 15.0 Å². The van der Waals surface area contributed by atoms with Crippen LogP contribution < -0.4 is 0 Å². The summed E-state index contributed by atoms with van der Waals surface area (Å²) >= 11 is 0. The minimum Gasteiger partial charge on any atom is -0.345 e. The van der Waals surface area contributed by atoms with Gasteiger partial charge in [-0.15, -0.1) is 0 Å². The van der Waals surface area contributed by atoms with Crippen molar-refractivity contribution in [1.29, 1.82) is 0 Å². The molecule has 0 fully saturated rings. The monoisotopic (exact) mass is 373 g/mol. The maximum absolute atomic E-state index is 12.7. The average molecular weight is 373 g/mol. The number of rotatable bonds is 3. The van der Waals surface area contributed by atoms with Gasteiger partial charge in [0, 0.05) is 48.7 Å². The van der Waals surface area contributed by atoms with Crippen LogP contribution in [0.25, 0.3) is 11.4 Å². The number of nitrogens with one attached hydrogen (secondary N) is 1. The molecule has 4 rings (SSSR count). The molecule has 3 aromatic rings. The van der Waals surface area contributed by atoms with Gasteiger partial charge < -0.3 is 4.98 Å². The fourth-order valence-electron chi connectivity index (χ4n) is 3.22. The van der Waals surface area contributed by atoms with Crippen molar-refractivity contribution >= 4 is 0 Å². The summed E-state index contributed by atoms with van der Waals surface area (Å²) in [4.78, 5) is 18.8. The number of hydrogen-bond acceptors (Lipinski definition) is 4. The second-order valence-corrected chi connectivity index (χ2v) is 6.71. The summed E-state index contributed by atoms with van der Waals surface area (Å²) in [5.41, 5.74) is 2.94. The lowest BCUT2D eigenvalue weighted by molar-refractivity contribution is -0.137. The first kappa shape index (κ1) is 17.7. The predicted octanol–water partition coefficient (Wildman–Crippen LogP) is 3.75. The lowest BCUT2D eigenvalue weighted by Gasteiger charge is -2.27. The van der Waals surface area contributed by atoms with E-state index in [0.717, 1.165) is 61.0 Å². The molecule has 1 aromatic carbocycles. The van der Waals surface area contributed by atoms with Crippen LogP contribution in [0.5, 0.6) is 0 Å². The smallest absolute Gasteiger partial charge is 0.345 e. The molecule has 1 aliphatic rings. The number of fused-ring (bicyclic) bond motifs is 1. The van der Waals surface area contributed by atoms with Gasteiger partial charge in [-0.2, -0.15) is 13.2 Å². The summed E-state index contributed by atoms with van der Waals surface area (Å²) in [6.45, 7) is 4.27. The van der Waals surface area contributed by atoms with Gasteiger partial charge in [0.15, 0.2) is 5.82 Å². The van der Waals surface area contributed by atoms with Crippen LogP contribution >= 0.6 is 0 Å². The van der Waals surface area contributed by atoms with Gasteiger partial charge in [-0.05, 0) is 19.1 Å². The predicted molar refractivity (Wildman–Crippen MR) is 93.6 cm³/mol. The summed E-state index contributed by atoms with van der Waals surface area (Å²) < 4.78 is 38.1. The van der Waals surface area contributed by atoms with Gasteiger partial charge in [-0.1, -0.05) is 12.1 Å². The average Bonchev–Trinajstić information content (AvgIpc) is 3.05. The molecule has 0 saturated carbocycles. The van der Waals surface area contributed by atoms with Gasteiger partial charge in [0.2, 0.25) is 0 Å². The molecule has 1 aliphatic heterocycles. The summed E-state index contributed by atoms with van der Waals surface area (Å²) in [6, 6.07) is 4.95. The molecule has 0 aliphatic carbocycles. The number of aromatic amines is 1. The van der Waals surface area contributed by atoms with E-state index in [-0.39, 0.29) is 0 Å². The van der Waals surface area contributed by atoms with Crippen molar-refractivity contribution in [3.8, 4) is 11.4 Å². The van der Waals surface area contributed by atoms with Crippen LogP contribution in [-0.4, -0.2) is 31.4 Å². The summed E-state index contributed by atoms with van der Waals surface area (Å²) in [7, 11) is 0. The lowest BCUT2D eigenvalue weighted by Crippen LogP contribution is -2.31. The fourth-order valence-corrected chi connectivity index (χ4v) is 3.22. The van der Waals surface area contributed by atoms with Crippen molar-refractivity contribution in [3.05, 3.63) is 65.0 Å². The Morgan fingerprint density at radius 3 is 2.56 bits per heavy atom. The first-order chi connectivity index (χ1) is 12.9. The Kier molecular flexibility index (Phi) is 4.43. The third kappa shape index (κ3) is 3.85. The lowest BCUT2D eigenvalue weighted by atomic mass is 10.1. The molecule has 0 radical (unpaired) electrons. The van der Waals surface area contributed by atoms with Crippen molar-refractivity contribution in [2.24, 2.45) is 0 Å².